The van der Waals surface area contributed by atoms with Crippen LogP contribution in [0.4, 0.5) is 11.5 Å². The van der Waals surface area contributed by atoms with Crippen molar-refractivity contribution in [3.8, 4) is 33.7 Å². The number of carboxylic acids is 1. The third-order valence-electron chi connectivity index (χ3n) is 14.0. The summed E-state index contributed by atoms with van der Waals surface area (Å²) >= 11 is 0. The molecule has 6 heterocycles. The van der Waals surface area contributed by atoms with Gasteiger partial charge in [0.2, 0.25) is 5.36 Å². The Kier molecular flexibility index (Phi) is 15.2. The van der Waals surface area contributed by atoms with Crippen LogP contribution in [-0.4, -0.2) is 115 Å². The van der Waals surface area contributed by atoms with E-state index in [0.29, 0.717) is 73.4 Å². The smallest absolute Gasteiger partial charge is 0.253 e. The van der Waals surface area contributed by atoms with Gasteiger partial charge in [-0.2, -0.15) is 5.10 Å². The highest BCUT2D eigenvalue weighted by Gasteiger charge is 2.24. The summed E-state index contributed by atoms with van der Waals surface area (Å²) in [5.74, 6) is -0.501. The number of pyridine rings is 3. The number of aromatic nitrogens is 5. The lowest BCUT2D eigenvalue weighted by Crippen LogP contribution is -2.47. The molecule has 4 aromatic heterocycles. The molecule has 1 fully saturated rings. The number of aryl methyl sites for hydroxylation is 2. The minimum absolute atomic E-state index is 0.00501. The topological polar surface area (TPSA) is 201 Å². The van der Waals surface area contributed by atoms with Gasteiger partial charge in [0.25, 0.3) is 17.4 Å². The van der Waals surface area contributed by atoms with Crippen molar-refractivity contribution in [3.63, 3.8) is 0 Å². The first kappa shape index (κ1) is 51.7. The average molecular weight is 1010 g/mol. The number of nitrogens with zero attached hydrogens (tertiary/aromatic N) is 8. The van der Waals surface area contributed by atoms with Crippen molar-refractivity contribution in [3.05, 3.63) is 140 Å². The van der Waals surface area contributed by atoms with Crippen LogP contribution in [0.2, 0.25) is 0 Å². The molecule has 75 heavy (non-hydrogen) atoms. The summed E-state index contributed by atoms with van der Waals surface area (Å²) < 4.78 is 10.2. The molecule has 0 atom stereocenters. The van der Waals surface area contributed by atoms with Crippen LogP contribution in [-0.2, 0) is 13.0 Å². The number of piperazine rings is 1. The molecule has 0 spiro atoms. The molecular weight excluding hydrogens is 947 g/mol. The van der Waals surface area contributed by atoms with Crippen molar-refractivity contribution in [1.82, 2.24) is 44.8 Å². The van der Waals surface area contributed by atoms with Crippen molar-refractivity contribution in [2.45, 2.75) is 66.0 Å². The van der Waals surface area contributed by atoms with E-state index in [1.807, 2.05) is 118 Å². The first-order chi connectivity index (χ1) is 36.1. The second kappa shape index (κ2) is 22.1. The summed E-state index contributed by atoms with van der Waals surface area (Å²) in [6.07, 6.45) is 6.74. The van der Waals surface area contributed by atoms with Crippen LogP contribution in [0, 0.1) is 6.92 Å². The molecule has 388 valence electrons. The lowest BCUT2D eigenvalue weighted by molar-refractivity contribution is -0.254. The number of benzene rings is 3. The Labute approximate surface area is 435 Å². The predicted octanol–water partition coefficient (Wildman–Crippen LogP) is 6.26. The van der Waals surface area contributed by atoms with Gasteiger partial charge in [-0.05, 0) is 112 Å². The quantitative estimate of drug-likeness (QED) is 0.0526. The van der Waals surface area contributed by atoms with Gasteiger partial charge in [0.05, 0.1) is 34.9 Å². The molecule has 0 bridgehead atoms. The summed E-state index contributed by atoms with van der Waals surface area (Å²) in [5, 5.41) is 25.5. The second-order valence-electron chi connectivity index (χ2n) is 20.1. The minimum Gasteiger partial charge on any atom is -0.545 e. The van der Waals surface area contributed by atoms with Crippen LogP contribution in [0.3, 0.4) is 0 Å². The van der Waals surface area contributed by atoms with Gasteiger partial charge in [-0.15, -0.1) is 0 Å². The number of unbranched alkanes of at least 4 members (excludes halogenated alkanes) is 1. The summed E-state index contributed by atoms with van der Waals surface area (Å²) in [6, 6.07) is 24.0. The van der Waals surface area contributed by atoms with E-state index in [-0.39, 0.29) is 35.5 Å². The van der Waals surface area contributed by atoms with Crippen LogP contribution >= 0.6 is 0 Å². The molecule has 17 heteroatoms. The number of aromatic amines is 1. The maximum Gasteiger partial charge on any atom is 0.253 e. The number of fused-ring (bicyclic) bond motifs is 3. The Morgan fingerprint density at radius 1 is 0.867 bits per heavy atom. The zero-order chi connectivity index (χ0) is 53.1. The minimum atomic E-state index is -1.34. The number of carbonyl (C=O) groups is 3. The number of amides is 2. The van der Waals surface area contributed by atoms with Gasteiger partial charge in [-0.1, -0.05) is 19.4 Å². The lowest BCUT2D eigenvalue weighted by atomic mass is 9.89. The Hall–Kier alpha value is -8.18. The number of nitrogens with one attached hydrogen (secondary N) is 3. The van der Waals surface area contributed by atoms with Crippen LogP contribution in [0.25, 0.3) is 55.7 Å². The predicted molar refractivity (Wildman–Crippen MR) is 292 cm³/mol. The fraction of sp³-hybridized carbons (Fsp3) is 0.345. The maximum atomic E-state index is 13.9. The zero-order valence-corrected chi connectivity index (χ0v) is 44.0. The van der Waals surface area contributed by atoms with Crippen molar-refractivity contribution in [1.29, 1.82) is 0 Å². The number of carboxylic acid groups (broad SMARTS) is 1. The molecule has 0 saturated carbocycles. The normalized spacial score (nSPS) is 13.0. The van der Waals surface area contributed by atoms with Gasteiger partial charge >= 0.3 is 0 Å². The highest BCUT2D eigenvalue weighted by molar-refractivity contribution is 6.09. The zero-order valence-electron chi connectivity index (χ0n) is 44.0. The Morgan fingerprint density at radius 3 is 2.37 bits per heavy atom. The number of aromatic carboxylic acids is 1. The van der Waals surface area contributed by atoms with E-state index in [2.05, 4.69) is 37.4 Å². The number of carbonyl (C=O) groups excluding carboxylic acids is 3. The molecule has 2 amide bonds. The second-order valence-corrected chi connectivity index (χ2v) is 20.1. The third-order valence-corrected chi connectivity index (χ3v) is 14.0. The molecule has 0 radical (unpaired) electrons. The molecule has 2 aliphatic heterocycles. The Bertz CT molecular complexity index is 3540. The average Bonchev–Trinajstić information content (AvgIpc) is 3.84. The molecule has 17 nitrogen and oxygen atoms in total. The summed E-state index contributed by atoms with van der Waals surface area (Å²) in [4.78, 5) is 72.6. The van der Waals surface area contributed by atoms with E-state index < -0.39 is 5.97 Å². The number of rotatable bonds is 17. The third kappa shape index (κ3) is 11.0. The van der Waals surface area contributed by atoms with Crippen LogP contribution in [0.1, 0.15) is 94.0 Å². The fourth-order valence-electron chi connectivity index (χ4n) is 9.94. The van der Waals surface area contributed by atoms with Crippen molar-refractivity contribution >= 4 is 51.3 Å². The highest BCUT2D eigenvalue weighted by Crippen LogP contribution is 2.42. The van der Waals surface area contributed by atoms with E-state index in [9.17, 15) is 24.3 Å². The first-order valence-electron chi connectivity index (χ1n) is 25.7. The molecule has 1 aliphatic carbocycles. The summed E-state index contributed by atoms with van der Waals surface area (Å²) in [6.45, 7) is 12.7. The highest BCUT2D eigenvalue weighted by atomic mass is 16.4. The standard InChI is InChI=1S/C58H65N11O6/c1-9-12-37-27-36(4)63-57(72)47(37)33-61-56(71)46-31-49(64-54-48(46)34-62-69(54)35(2)3)39-14-20-52(60-32-39)68-25-23-67(24-26-68)22-11-10-21-59-55(70)38-13-17-42(58(73)74)45(28-38)53-43-18-15-40(65(5)6)29-50(43)75-51-30-41(66(7)8)16-19-44(51)53/h13-20,27-32,34-35H,9-12,21-26,33H2,1-8H3,(H3-,59,61,63,70,71,72,73,74). The molecule has 3 aliphatic rings. The van der Waals surface area contributed by atoms with E-state index in [4.69, 9.17) is 14.4 Å². The Balaban J connectivity index is 0.816. The van der Waals surface area contributed by atoms with Gasteiger partial charge in [0.15, 0.2) is 5.65 Å². The van der Waals surface area contributed by atoms with Crippen molar-refractivity contribution in [2.75, 3.05) is 77.3 Å². The van der Waals surface area contributed by atoms with Gasteiger partial charge < -0.3 is 39.7 Å². The lowest BCUT2D eigenvalue weighted by Gasteiger charge is -2.35. The molecule has 0 unspecified atom stereocenters. The van der Waals surface area contributed by atoms with Crippen LogP contribution < -0.4 is 41.0 Å². The van der Waals surface area contributed by atoms with Crippen molar-refractivity contribution < 1.29 is 23.9 Å². The number of anilines is 2. The molecule has 2 aromatic carbocycles. The number of hydrogen-bond donors (Lipinski definition) is 3. The molecule has 3 N–H and O–H groups in total. The van der Waals surface area contributed by atoms with E-state index in [1.54, 1.807) is 24.5 Å². The number of H-pyrrole nitrogens is 1. The maximum absolute atomic E-state index is 13.9. The summed E-state index contributed by atoms with van der Waals surface area (Å²) in [7, 11) is 7.78. The van der Waals surface area contributed by atoms with Crippen LogP contribution in [0.5, 0.6) is 0 Å². The Morgan fingerprint density at radius 2 is 1.67 bits per heavy atom. The number of hydrogen-bond acceptors (Lipinski definition) is 12. The van der Waals surface area contributed by atoms with Gasteiger partial charge in [-0.3, -0.25) is 19.3 Å². The monoisotopic (exact) mass is 1010 g/mol. The molecule has 1 saturated heterocycles. The summed E-state index contributed by atoms with van der Waals surface area (Å²) in [5.41, 5.74) is 8.05. The van der Waals surface area contributed by atoms with Crippen molar-refractivity contribution in [2.24, 2.45) is 0 Å². The van der Waals surface area contributed by atoms with E-state index >= 15 is 0 Å². The molecule has 6 aromatic rings. The van der Waals surface area contributed by atoms with Gasteiger partial charge in [-0.25, -0.2) is 19.2 Å². The molecular formula is C58H65N11O6. The van der Waals surface area contributed by atoms with Crippen LogP contribution in [0.15, 0.2) is 100 Å². The first-order valence-corrected chi connectivity index (χ1v) is 25.7. The largest absolute Gasteiger partial charge is 0.545 e. The van der Waals surface area contributed by atoms with Gasteiger partial charge in [0, 0.05) is 128 Å². The molecule has 9 rings (SSSR count). The van der Waals surface area contributed by atoms with Gasteiger partial charge in [0.1, 0.15) is 31.3 Å². The van der Waals surface area contributed by atoms with E-state index in [0.717, 1.165) is 92.1 Å². The fourth-order valence-corrected chi connectivity index (χ4v) is 9.94. The van der Waals surface area contributed by atoms with E-state index in [1.165, 1.54) is 12.1 Å². The SMILES string of the molecule is CCCc1cc(C)[nH]c(=O)c1CNC(=O)c1cc(-c2ccc(N3CCN(CCCCNC(=O)c4ccc(C(=O)[O-])c(-c5c6ccc(=[N+](C)C)cc-6oc6cc(N(C)C)ccc56)c4)CC3)nc2)nc2c1cnn2C(C)C.